The van der Waals surface area contributed by atoms with Crippen LogP contribution in [0.15, 0.2) is 48.7 Å². The van der Waals surface area contributed by atoms with Crippen molar-refractivity contribution in [2.75, 3.05) is 0 Å². The van der Waals surface area contributed by atoms with Crippen LogP contribution in [0.1, 0.15) is 42.1 Å². The van der Waals surface area contributed by atoms with E-state index in [1.54, 1.807) is 36.4 Å². The molecule has 0 saturated heterocycles. The predicted molar refractivity (Wildman–Crippen MR) is 69.6 cm³/mol. The molecule has 1 aliphatic heterocycles. The highest BCUT2D eigenvalue weighted by Crippen LogP contribution is 2.29. The standard InChI is InChI=1S/C15H12N2O2/c1-10(11-6-3-2-4-7-11)17-14(18)12-8-5-9-16-13(12)15(17)19/h2-10H,1H3/i1D2. The lowest BCUT2D eigenvalue weighted by Crippen LogP contribution is -2.32. The van der Waals surface area contributed by atoms with Gasteiger partial charge in [0.2, 0.25) is 0 Å². The third kappa shape index (κ3) is 1.73. The Balaban J connectivity index is 2.07. The molecule has 1 atom stereocenters. The number of benzene rings is 1. The second-order valence-corrected chi connectivity index (χ2v) is 4.24. The van der Waals surface area contributed by atoms with Crippen LogP contribution in [0, 0.1) is 0 Å². The highest BCUT2D eigenvalue weighted by atomic mass is 16.2. The molecule has 0 aliphatic carbocycles. The lowest BCUT2D eigenvalue weighted by molar-refractivity contribution is 0.0593. The van der Waals surface area contributed by atoms with Crippen molar-refractivity contribution in [3.63, 3.8) is 0 Å². The maximum absolute atomic E-state index is 12.4. The molecular formula is C15H12N2O2. The van der Waals surface area contributed by atoms with Crippen molar-refractivity contribution >= 4 is 11.8 Å². The normalized spacial score (nSPS) is 17.2. The molecule has 2 heterocycles. The summed E-state index contributed by atoms with van der Waals surface area (Å²) in [6, 6.07) is 10.9. The number of hydrogen-bond acceptors (Lipinski definition) is 3. The van der Waals surface area contributed by atoms with Gasteiger partial charge in [-0.25, -0.2) is 0 Å². The van der Waals surface area contributed by atoms with Crippen molar-refractivity contribution in [1.82, 2.24) is 9.88 Å². The topological polar surface area (TPSA) is 50.3 Å². The summed E-state index contributed by atoms with van der Waals surface area (Å²) < 4.78 is 15.4. The van der Waals surface area contributed by atoms with Crippen molar-refractivity contribution in [2.24, 2.45) is 0 Å². The van der Waals surface area contributed by atoms with Crippen LogP contribution < -0.4 is 0 Å². The molecule has 4 heteroatoms. The van der Waals surface area contributed by atoms with Crippen molar-refractivity contribution in [1.29, 1.82) is 0 Å². The zero-order valence-corrected chi connectivity index (χ0v) is 9.98. The van der Waals surface area contributed by atoms with Gasteiger partial charge in [0.1, 0.15) is 5.69 Å². The van der Waals surface area contributed by atoms with Gasteiger partial charge in [0, 0.05) is 8.94 Å². The van der Waals surface area contributed by atoms with Gasteiger partial charge >= 0.3 is 0 Å². The molecule has 0 N–H and O–H groups in total. The Morgan fingerprint density at radius 3 is 2.58 bits per heavy atom. The fraction of sp³-hybridized carbons (Fsp3) is 0.133. The highest BCUT2D eigenvalue weighted by molar-refractivity contribution is 6.20. The van der Waals surface area contributed by atoms with Gasteiger partial charge in [0.15, 0.2) is 0 Å². The summed E-state index contributed by atoms with van der Waals surface area (Å²) in [5.41, 5.74) is 0.898. The van der Waals surface area contributed by atoms with E-state index in [9.17, 15) is 9.59 Å². The summed E-state index contributed by atoms with van der Waals surface area (Å²) in [5, 5.41) is 0. The first-order valence-electron chi connectivity index (χ1n) is 6.99. The average Bonchev–Trinajstić information content (AvgIpc) is 2.74. The molecule has 1 aromatic carbocycles. The second-order valence-electron chi connectivity index (χ2n) is 4.24. The van der Waals surface area contributed by atoms with Gasteiger partial charge in [-0.3, -0.25) is 19.5 Å². The number of pyridine rings is 1. The third-order valence-corrected chi connectivity index (χ3v) is 3.10. The highest BCUT2D eigenvalue weighted by Gasteiger charge is 2.39. The minimum absolute atomic E-state index is 0.0871. The van der Waals surface area contributed by atoms with Gasteiger partial charge < -0.3 is 0 Å². The molecule has 1 aromatic heterocycles. The van der Waals surface area contributed by atoms with Gasteiger partial charge in [-0.1, -0.05) is 30.3 Å². The van der Waals surface area contributed by atoms with E-state index in [1.807, 2.05) is 0 Å². The molecule has 0 bridgehead atoms. The first kappa shape index (κ1) is 9.44. The van der Waals surface area contributed by atoms with E-state index >= 15 is 0 Å². The van der Waals surface area contributed by atoms with Gasteiger partial charge in [-0.05, 0) is 24.6 Å². The number of fused-ring (bicyclic) bond motifs is 1. The van der Waals surface area contributed by atoms with E-state index in [2.05, 4.69) is 4.98 Å². The van der Waals surface area contributed by atoms with Crippen LogP contribution in [0.3, 0.4) is 0 Å². The van der Waals surface area contributed by atoms with E-state index in [0.29, 0.717) is 5.56 Å². The number of rotatable bonds is 2. The SMILES string of the molecule is [2H]C([2H])C(c1ccccc1)N1C(=O)c2cccnc2C1=O. The van der Waals surface area contributed by atoms with Gasteiger partial charge in [0.05, 0.1) is 11.6 Å². The lowest BCUT2D eigenvalue weighted by Gasteiger charge is -2.22. The molecule has 1 aliphatic rings. The monoisotopic (exact) mass is 254 g/mol. The van der Waals surface area contributed by atoms with E-state index in [4.69, 9.17) is 2.74 Å². The van der Waals surface area contributed by atoms with Crippen LogP contribution in [0.5, 0.6) is 0 Å². The molecule has 1 unspecified atom stereocenters. The Morgan fingerprint density at radius 1 is 1.11 bits per heavy atom. The zero-order chi connectivity index (χ0) is 15.0. The second kappa shape index (κ2) is 4.31. The fourth-order valence-corrected chi connectivity index (χ4v) is 2.14. The van der Waals surface area contributed by atoms with E-state index in [0.717, 1.165) is 4.90 Å². The van der Waals surface area contributed by atoms with Crippen LogP contribution in [0.25, 0.3) is 0 Å². The number of nitrogens with zero attached hydrogens (tertiary/aromatic N) is 2. The summed E-state index contributed by atoms with van der Waals surface area (Å²) >= 11 is 0. The molecule has 0 fully saturated rings. The first-order chi connectivity index (χ1) is 10.1. The smallest absolute Gasteiger partial charge is 0.268 e. The summed E-state index contributed by atoms with van der Waals surface area (Å²) in [7, 11) is 0. The van der Waals surface area contributed by atoms with Crippen LogP contribution >= 0.6 is 0 Å². The first-order valence-corrected chi connectivity index (χ1v) is 5.83. The Labute approximate surface area is 113 Å². The molecule has 19 heavy (non-hydrogen) atoms. The minimum Gasteiger partial charge on any atom is -0.268 e. The zero-order valence-electron chi connectivity index (χ0n) is 12.0. The van der Waals surface area contributed by atoms with E-state index in [1.165, 1.54) is 12.3 Å². The molecule has 3 rings (SSSR count). The van der Waals surface area contributed by atoms with Crippen LogP contribution in [-0.2, 0) is 0 Å². The van der Waals surface area contributed by atoms with Gasteiger partial charge in [-0.15, -0.1) is 0 Å². The molecule has 4 nitrogen and oxygen atoms in total. The van der Waals surface area contributed by atoms with E-state index in [-0.39, 0.29) is 11.3 Å². The maximum Gasteiger partial charge on any atom is 0.280 e. The molecule has 94 valence electrons. The Kier molecular flexibility index (Phi) is 2.14. The summed E-state index contributed by atoms with van der Waals surface area (Å²) in [5.74, 6) is -1.05. The molecule has 0 radical (unpaired) electrons. The number of aromatic nitrogens is 1. The number of imide groups is 1. The number of hydrogen-bond donors (Lipinski definition) is 0. The van der Waals surface area contributed by atoms with Crippen LogP contribution in [-0.4, -0.2) is 21.7 Å². The van der Waals surface area contributed by atoms with Crippen molar-refractivity contribution in [2.45, 2.75) is 12.9 Å². The van der Waals surface area contributed by atoms with Gasteiger partial charge in [-0.2, -0.15) is 0 Å². The summed E-state index contributed by atoms with van der Waals surface area (Å²) in [6.45, 7) is -1.38. The average molecular weight is 254 g/mol. The van der Waals surface area contributed by atoms with Crippen molar-refractivity contribution in [3.05, 3.63) is 65.5 Å². The largest absolute Gasteiger partial charge is 0.280 e. The fourth-order valence-electron chi connectivity index (χ4n) is 2.14. The van der Waals surface area contributed by atoms with E-state index < -0.39 is 24.7 Å². The molecule has 2 amide bonds. The number of carbonyl (C=O) groups excluding carboxylic acids is 2. The van der Waals surface area contributed by atoms with Gasteiger partial charge in [0.25, 0.3) is 11.8 Å². The van der Waals surface area contributed by atoms with Crippen molar-refractivity contribution in [3.8, 4) is 0 Å². The Morgan fingerprint density at radius 2 is 1.89 bits per heavy atom. The quantitative estimate of drug-likeness (QED) is 0.773. The van der Waals surface area contributed by atoms with Crippen LogP contribution in [0.4, 0.5) is 0 Å². The minimum atomic E-state index is -1.38. The Hall–Kier alpha value is -2.49. The van der Waals surface area contributed by atoms with Crippen LogP contribution in [0.2, 0.25) is 0 Å². The molecule has 0 spiro atoms. The molecular weight excluding hydrogens is 240 g/mol. The Bertz CT molecular complexity index is 669. The summed E-state index contributed by atoms with van der Waals surface area (Å²) in [4.78, 5) is 29.7. The number of amides is 2. The molecule has 2 aromatic rings. The van der Waals surface area contributed by atoms with Crippen molar-refractivity contribution < 1.29 is 12.3 Å². The summed E-state index contributed by atoms with van der Waals surface area (Å²) in [6.07, 6.45) is 1.45. The lowest BCUT2D eigenvalue weighted by atomic mass is 10.1. The maximum atomic E-state index is 12.4. The number of carbonyl (C=O) groups is 2. The predicted octanol–water partition coefficient (Wildman–Crippen LogP) is 2.44. The third-order valence-electron chi connectivity index (χ3n) is 3.10. The molecule has 0 saturated carbocycles.